The third-order valence-electron chi connectivity index (χ3n) is 4.61. The monoisotopic (exact) mass is 382 g/mol. The summed E-state index contributed by atoms with van der Waals surface area (Å²) in [5.74, 6) is 0.438. The van der Waals surface area contributed by atoms with E-state index in [-0.39, 0.29) is 11.6 Å². The minimum Gasteiger partial charge on any atom is -0.297 e. The minimum absolute atomic E-state index is 0.264. The van der Waals surface area contributed by atoms with Crippen LogP contribution in [0.25, 0.3) is 5.69 Å². The molecule has 3 heterocycles. The zero-order valence-corrected chi connectivity index (χ0v) is 16.0. The van der Waals surface area contributed by atoms with Crippen LogP contribution in [0.15, 0.2) is 41.9 Å². The van der Waals surface area contributed by atoms with Gasteiger partial charge in [-0.15, -0.1) is 16.4 Å². The Kier molecular flexibility index (Phi) is 5.26. The number of rotatable bonds is 5. The first-order valence-electron chi connectivity index (χ1n) is 9.13. The van der Waals surface area contributed by atoms with E-state index in [0.29, 0.717) is 5.13 Å². The molecular formula is C19H22N6OS. The van der Waals surface area contributed by atoms with Gasteiger partial charge in [-0.05, 0) is 37.4 Å². The first kappa shape index (κ1) is 17.8. The summed E-state index contributed by atoms with van der Waals surface area (Å²) in [5, 5.41) is 13.8. The molecule has 1 aliphatic heterocycles. The number of thiazole rings is 1. The van der Waals surface area contributed by atoms with Gasteiger partial charge in [0.2, 0.25) is 0 Å². The Hall–Kier alpha value is -2.58. The van der Waals surface area contributed by atoms with Crippen molar-refractivity contribution in [3.05, 3.63) is 53.3 Å². The fourth-order valence-electron chi connectivity index (χ4n) is 3.31. The van der Waals surface area contributed by atoms with E-state index in [1.807, 2.05) is 35.7 Å². The summed E-state index contributed by atoms with van der Waals surface area (Å²) in [6, 6.07) is 9.49. The second-order valence-corrected chi connectivity index (χ2v) is 7.79. The topological polar surface area (TPSA) is 75.9 Å². The lowest BCUT2D eigenvalue weighted by Gasteiger charge is -2.30. The second kappa shape index (κ2) is 7.98. The molecule has 2 aromatic heterocycles. The van der Waals surface area contributed by atoms with Gasteiger partial charge in [0.1, 0.15) is 0 Å². The average Bonchev–Trinajstić information content (AvgIpc) is 3.32. The highest BCUT2D eigenvalue weighted by Gasteiger charge is 2.18. The molecule has 0 bridgehead atoms. The van der Waals surface area contributed by atoms with Gasteiger partial charge in [-0.25, -0.2) is 4.98 Å². The third-order valence-corrected chi connectivity index (χ3v) is 5.42. The van der Waals surface area contributed by atoms with Crippen LogP contribution in [0.1, 0.15) is 35.9 Å². The number of piperidine rings is 1. The van der Waals surface area contributed by atoms with Crippen molar-refractivity contribution in [2.75, 3.05) is 18.4 Å². The van der Waals surface area contributed by atoms with Gasteiger partial charge >= 0.3 is 0 Å². The van der Waals surface area contributed by atoms with Gasteiger partial charge in [0.15, 0.2) is 10.8 Å². The molecule has 0 saturated carbocycles. The standard InChI is InChI=1S/C19H22N6OS/c1-14-6-5-9-24(11-14)12-15-13-27-19(21-15)22-18(26)17-10-20-25(23-17)16-7-3-2-4-8-16/h2-4,7-8,10,13-14H,5-6,9,11-12H2,1H3,(H,21,22,26). The first-order valence-corrected chi connectivity index (χ1v) is 10.0. The van der Waals surface area contributed by atoms with Crippen LogP contribution >= 0.6 is 11.3 Å². The summed E-state index contributed by atoms with van der Waals surface area (Å²) in [7, 11) is 0. The molecule has 1 unspecified atom stereocenters. The second-order valence-electron chi connectivity index (χ2n) is 6.94. The Morgan fingerprint density at radius 1 is 1.33 bits per heavy atom. The number of aromatic nitrogens is 4. The van der Waals surface area contributed by atoms with Crippen molar-refractivity contribution in [2.24, 2.45) is 5.92 Å². The number of nitrogens with zero attached hydrogens (tertiary/aromatic N) is 5. The van der Waals surface area contributed by atoms with Crippen molar-refractivity contribution in [3.8, 4) is 5.69 Å². The predicted molar refractivity (Wildman–Crippen MR) is 105 cm³/mol. The Morgan fingerprint density at radius 2 is 2.19 bits per heavy atom. The molecule has 140 valence electrons. The van der Waals surface area contributed by atoms with Crippen LogP contribution in [-0.4, -0.2) is 43.9 Å². The highest BCUT2D eigenvalue weighted by atomic mass is 32.1. The van der Waals surface area contributed by atoms with E-state index in [4.69, 9.17) is 0 Å². The minimum atomic E-state index is -0.301. The summed E-state index contributed by atoms with van der Waals surface area (Å²) in [5.41, 5.74) is 2.07. The summed E-state index contributed by atoms with van der Waals surface area (Å²) >= 11 is 1.44. The number of benzene rings is 1. The Bertz CT molecular complexity index is 906. The molecule has 1 amide bonds. The van der Waals surface area contributed by atoms with Crippen molar-refractivity contribution in [1.82, 2.24) is 24.9 Å². The van der Waals surface area contributed by atoms with Crippen molar-refractivity contribution in [2.45, 2.75) is 26.3 Å². The molecule has 1 fully saturated rings. The normalized spacial score (nSPS) is 17.7. The van der Waals surface area contributed by atoms with E-state index in [1.165, 1.54) is 35.2 Å². The largest absolute Gasteiger partial charge is 0.297 e. The maximum atomic E-state index is 12.4. The van der Waals surface area contributed by atoms with Gasteiger partial charge in [0.25, 0.3) is 5.91 Å². The Morgan fingerprint density at radius 3 is 3.00 bits per heavy atom. The maximum absolute atomic E-state index is 12.4. The smallest absolute Gasteiger partial charge is 0.279 e. The number of likely N-dealkylation sites (tertiary alicyclic amines) is 1. The van der Waals surface area contributed by atoms with Gasteiger partial charge < -0.3 is 0 Å². The highest BCUT2D eigenvalue weighted by Crippen LogP contribution is 2.21. The molecule has 3 aromatic rings. The summed E-state index contributed by atoms with van der Waals surface area (Å²) in [6.45, 7) is 5.36. The number of nitrogens with one attached hydrogen (secondary N) is 1. The highest BCUT2D eigenvalue weighted by molar-refractivity contribution is 7.13. The number of hydrogen-bond donors (Lipinski definition) is 1. The maximum Gasteiger partial charge on any atom is 0.279 e. The molecule has 4 rings (SSSR count). The van der Waals surface area contributed by atoms with Crippen molar-refractivity contribution >= 4 is 22.4 Å². The van der Waals surface area contributed by atoms with Crippen LogP contribution in [0.2, 0.25) is 0 Å². The Labute approximate surface area is 162 Å². The van der Waals surface area contributed by atoms with Crippen LogP contribution in [0.3, 0.4) is 0 Å². The van der Waals surface area contributed by atoms with E-state index < -0.39 is 0 Å². The molecular weight excluding hydrogens is 360 g/mol. The van der Waals surface area contributed by atoms with Crippen molar-refractivity contribution in [1.29, 1.82) is 0 Å². The number of carbonyl (C=O) groups is 1. The molecule has 7 nitrogen and oxygen atoms in total. The fraction of sp³-hybridized carbons (Fsp3) is 0.368. The van der Waals surface area contributed by atoms with Crippen LogP contribution in [0, 0.1) is 5.92 Å². The first-order chi connectivity index (χ1) is 13.2. The lowest BCUT2D eigenvalue weighted by Crippen LogP contribution is -2.33. The van der Waals surface area contributed by atoms with Gasteiger partial charge in [0, 0.05) is 18.5 Å². The van der Waals surface area contributed by atoms with Gasteiger partial charge in [-0.1, -0.05) is 25.1 Å². The van der Waals surface area contributed by atoms with Crippen LogP contribution in [0.4, 0.5) is 5.13 Å². The van der Waals surface area contributed by atoms with E-state index in [1.54, 1.807) is 0 Å². The number of hydrogen-bond acceptors (Lipinski definition) is 6. The number of carbonyl (C=O) groups excluding carboxylic acids is 1. The number of anilines is 1. The zero-order valence-electron chi connectivity index (χ0n) is 15.2. The number of para-hydroxylation sites is 1. The zero-order chi connectivity index (χ0) is 18.6. The van der Waals surface area contributed by atoms with E-state index >= 15 is 0 Å². The molecule has 27 heavy (non-hydrogen) atoms. The van der Waals surface area contributed by atoms with E-state index in [0.717, 1.165) is 36.9 Å². The predicted octanol–water partition coefficient (Wildman–Crippen LogP) is 3.21. The molecule has 0 aliphatic carbocycles. The molecule has 1 saturated heterocycles. The molecule has 1 aliphatic rings. The van der Waals surface area contributed by atoms with Crippen LogP contribution < -0.4 is 5.32 Å². The van der Waals surface area contributed by atoms with Gasteiger partial charge in [-0.3, -0.25) is 15.0 Å². The number of amides is 1. The average molecular weight is 382 g/mol. The van der Waals surface area contributed by atoms with E-state index in [2.05, 4.69) is 32.3 Å². The SMILES string of the molecule is CC1CCCN(Cc2csc(NC(=O)c3cnn(-c4ccccc4)n3)n2)C1. The van der Waals surface area contributed by atoms with Crippen molar-refractivity contribution in [3.63, 3.8) is 0 Å². The summed E-state index contributed by atoms with van der Waals surface area (Å²) in [6.07, 6.45) is 4.01. The fourth-order valence-corrected chi connectivity index (χ4v) is 4.01. The lowest BCUT2D eigenvalue weighted by atomic mass is 10.0. The van der Waals surface area contributed by atoms with Crippen LogP contribution in [0.5, 0.6) is 0 Å². The molecule has 1 atom stereocenters. The van der Waals surface area contributed by atoms with Crippen LogP contribution in [-0.2, 0) is 6.54 Å². The molecule has 1 aromatic carbocycles. The van der Waals surface area contributed by atoms with Gasteiger partial charge in [-0.2, -0.15) is 9.90 Å². The quantitative estimate of drug-likeness (QED) is 0.733. The van der Waals surface area contributed by atoms with Crippen molar-refractivity contribution < 1.29 is 4.79 Å². The molecule has 0 spiro atoms. The van der Waals surface area contributed by atoms with E-state index in [9.17, 15) is 4.79 Å². The van der Waals surface area contributed by atoms with Gasteiger partial charge in [0.05, 0.1) is 17.6 Å². The lowest BCUT2D eigenvalue weighted by molar-refractivity contribution is 0.102. The third kappa shape index (κ3) is 4.40. The molecule has 8 heteroatoms. The Balaban J connectivity index is 1.37. The molecule has 1 N–H and O–H groups in total. The summed E-state index contributed by atoms with van der Waals surface area (Å²) in [4.78, 5) is 20.9. The molecule has 0 radical (unpaired) electrons. The summed E-state index contributed by atoms with van der Waals surface area (Å²) < 4.78 is 0.